The molecule has 0 bridgehead atoms. The smallest absolute Gasteiger partial charge is 0.259 e. The summed E-state index contributed by atoms with van der Waals surface area (Å²) in [5, 5.41) is 10.0. The van der Waals surface area contributed by atoms with Gasteiger partial charge in [0.05, 0.1) is 5.60 Å². The average molecular weight is 319 g/mol. The maximum Gasteiger partial charge on any atom is 0.259 e. The van der Waals surface area contributed by atoms with Crippen LogP contribution in [-0.4, -0.2) is 48.9 Å². The summed E-state index contributed by atoms with van der Waals surface area (Å²) in [4.78, 5) is 4.07. The summed E-state index contributed by atoms with van der Waals surface area (Å²) in [6.45, 7) is 6.34. The molecule has 0 saturated heterocycles. The molecule has 1 atom stereocenters. The van der Waals surface area contributed by atoms with Gasteiger partial charge in [0.2, 0.25) is 0 Å². The zero-order valence-corrected chi connectivity index (χ0v) is 13.9. The molecule has 1 rings (SSSR count). The van der Waals surface area contributed by atoms with Crippen molar-refractivity contribution in [2.75, 3.05) is 20.3 Å². The number of hydrogen-bond donors (Lipinski definition) is 2. The van der Waals surface area contributed by atoms with E-state index in [2.05, 4.69) is 9.71 Å². The first-order valence-corrected chi connectivity index (χ1v) is 8.45. The second kappa shape index (κ2) is 7.35. The van der Waals surface area contributed by atoms with Crippen LogP contribution in [0.25, 0.3) is 0 Å². The molecule has 8 heteroatoms. The number of hydrogen-bond acceptors (Lipinski definition) is 5. The van der Waals surface area contributed by atoms with Gasteiger partial charge in [-0.25, -0.2) is 18.1 Å². The lowest BCUT2D eigenvalue weighted by Crippen LogP contribution is -2.41. The fraction of sp³-hybridized carbons (Fsp3) is 0.769. The Morgan fingerprint density at radius 1 is 1.52 bits per heavy atom. The van der Waals surface area contributed by atoms with Crippen molar-refractivity contribution in [3.05, 3.63) is 12.0 Å². The van der Waals surface area contributed by atoms with E-state index in [1.807, 2.05) is 6.92 Å². The highest BCUT2D eigenvalue weighted by Crippen LogP contribution is 2.12. The molecule has 0 amide bonds. The van der Waals surface area contributed by atoms with Crippen LogP contribution < -0.4 is 4.72 Å². The van der Waals surface area contributed by atoms with E-state index >= 15 is 0 Å². The van der Waals surface area contributed by atoms with Crippen molar-refractivity contribution in [1.82, 2.24) is 14.3 Å². The van der Waals surface area contributed by atoms with E-state index < -0.39 is 15.6 Å². The largest absolute Gasteiger partial charge is 0.389 e. The molecule has 0 aliphatic rings. The first-order chi connectivity index (χ1) is 9.72. The first-order valence-electron chi connectivity index (χ1n) is 6.96. The van der Waals surface area contributed by atoms with Crippen LogP contribution in [0.1, 0.15) is 32.5 Å². The molecule has 2 N–H and O–H groups in total. The molecule has 1 unspecified atom stereocenters. The lowest BCUT2D eigenvalue weighted by molar-refractivity contribution is 0.0292. The Morgan fingerprint density at radius 3 is 2.76 bits per heavy atom. The minimum Gasteiger partial charge on any atom is -0.389 e. The highest BCUT2D eigenvalue weighted by Gasteiger charge is 2.25. The predicted molar refractivity (Wildman–Crippen MR) is 79.6 cm³/mol. The molecular formula is C13H25N3O4S. The second-order valence-electron chi connectivity index (χ2n) is 5.38. The number of imidazole rings is 1. The molecule has 1 aromatic heterocycles. The Kier molecular flexibility index (Phi) is 6.33. The van der Waals surface area contributed by atoms with Crippen molar-refractivity contribution >= 4 is 10.0 Å². The van der Waals surface area contributed by atoms with E-state index in [9.17, 15) is 13.5 Å². The number of aromatic nitrogens is 2. The van der Waals surface area contributed by atoms with Crippen LogP contribution in [-0.2, 0) is 21.3 Å². The lowest BCUT2D eigenvalue weighted by atomic mass is 10.0. The number of ether oxygens (including phenoxy) is 1. The molecule has 0 spiro atoms. The highest BCUT2D eigenvalue weighted by molar-refractivity contribution is 7.89. The van der Waals surface area contributed by atoms with Crippen LogP contribution in [0.5, 0.6) is 0 Å². The fourth-order valence-electron chi connectivity index (χ4n) is 1.81. The van der Waals surface area contributed by atoms with E-state index in [-0.39, 0.29) is 11.6 Å². The van der Waals surface area contributed by atoms with Crippen molar-refractivity contribution in [2.24, 2.45) is 0 Å². The molecule has 0 aliphatic carbocycles. The quantitative estimate of drug-likeness (QED) is 0.698. The van der Waals surface area contributed by atoms with Crippen LogP contribution >= 0.6 is 0 Å². The second-order valence-corrected chi connectivity index (χ2v) is 7.10. The van der Waals surface area contributed by atoms with Gasteiger partial charge in [-0.15, -0.1) is 0 Å². The summed E-state index contributed by atoms with van der Waals surface area (Å²) in [7, 11) is -2.19. The minimum absolute atomic E-state index is 0.0176. The number of aryl methyl sites for hydroxylation is 2. The monoisotopic (exact) mass is 319 g/mol. The first kappa shape index (κ1) is 18.1. The number of nitrogens with zero attached hydrogens (tertiary/aromatic N) is 2. The van der Waals surface area contributed by atoms with Gasteiger partial charge in [-0.3, -0.25) is 0 Å². The van der Waals surface area contributed by atoms with Crippen molar-refractivity contribution in [2.45, 2.75) is 50.8 Å². The van der Waals surface area contributed by atoms with Gasteiger partial charge in [0.15, 0.2) is 5.03 Å². The third-order valence-electron chi connectivity index (χ3n) is 3.18. The van der Waals surface area contributed by atoms with E-state index in [1.54, 1.807) is 18.4 Å². The van der Waals surface area contributed by atoms with Gasteiger partial charge in [0.1, 0.15) is 5.82 Å². The van der Waals surface area contributed by atoms with Gasteiger partial charge in [0, 0.05) is 39.4 Å². The van der Waals surface area contributed by atoms with Crippen molar-refractivity contribution < 1.29 is 18.3 Å². The molecule has 0 saturated carbocycles. The van der Waals surface area contributed by atoms with Gasteiger partial charge in [-0.1, -0.05) is 6.92 Å². The third-order valence-corrected chi connectivity index (χ3v) is 4.45. The molecule has 122 valence electrons. The highest BCUT2D eigenvalue weighted by atomic mass is 32.2. The summed E-state index contributed by atoms with van der Waals surface area (Å²) in [6, 6.07) is 0. The summed E-state index contributed by atoms with van der Waals surface area (Å²) < 4.78 is 33.5. The standard InChI is InChI=1S/C13H25N3O4S/c1-5-7-16-9-12(15-11(16)2)21(18,19)14-10-13(3,17)6-8-20-4/h9,14,17H,5-8,10H2,1-4H3. The lowest BCUT2D eigenvalue weighted by Gasteiger charge is -2.22. The molecule has 0 aliphatic heterocycles. The number of methoxy groups -OCH3 is 1. The molecule has 21 heavy (non-hydrogen) atoms. The summed E-state index contributed by atoms with van der Waals surface area (Å²) in [5.74, 6) is 0.656. The SMILES string of the molecule is CCCn1cc(S(=O)(=O)NCC(C)(O)CCOC)nc1C. The summed E-state index contributed by atoms with van der Waals surface area (Å²) in [5.41, 5.74) is -1.16. The molecule has 7 nitrogen and oxygen atoms in total. The average Bonchev–Trinajstić information content (AvgIpc) is 2.78. The van der Waals surface area contributed by atoms with Crippen LogP contribution in [0.4, 0.5) is 0 Å². The third kappa shape index (κ3) is 5.39. The van der Waals surface area contributed by atoms with E-state index in [0.29, 0.717) is 18.9 Å². The Morgan fingerprint density at radius 2 is 2.19 bits per heavy atom. The Bertz CT molecular complexity index is 552. The van der Waals surface area contributed by atoms with Crippen LogP contribution in [0, 0.1) is 6.92 Å². The topological polar surface area (TPSA) is 93.5 Å². The van der Waals surface area contributed by atoms with Gasteiger partial charge < -0.3 is 14.4 Å². The Balaban J connectivity index is 2.75. The van der Waals surface area contributed by atoms with E-state index in [1.165, 1.54) is 13.3 Å². The van der Waals surface area contributed by atoms with E-state index in [0.717, 1.165) is 13.0 Å². The fourth-order valence-corrected chi connectivity index (χ4v) is 2.98. The maximum absolute atomic E-state index is 12.2. The summed E-state index contributed by atoms with van der Waals surface area (Å²) in [6.07, 6.45) is 2.76. The molecule has 1 heterocycles. The van der Waals surface area contributed by atoms with Crippen LogP contribution in [0.3, 0.4) is 0 Å². The summed E-state index contributed by atoms with van der Waals surface area (Å²) >= 11 is 0. The Labute approximate surface area is 126 Å². The van der Waals surface area contributed by atoms with Gasteiger partial charge in [-0.05, 0) is 20.3 Å². The normalized spacial score (nSPS) is 15.1. The molecular weight excluding hydrogens is 294 g/mol. The molecule has 0 aromatic carbocycles. The molecule has 0 radical (unpaired) electrons. The molecule has 0 fully saturated rings. The van der Waals surface area contributed by atoms with Gasteiger partial charge in [-0.2, -0.15) is 0 Å². The zero-order chi connectivity index (χ0) is 16.1. The van der Waals surface area contributed by atoms with Crippen LogP contribution in [0.2, 0.25) is 0 Å². The minimum atomic E-state index is -3.72. The van der Waals surface area contributed by atoms with Gasteiger partial charge in [0.25, 0.3) is 10.0 Å². The van der Waals surface area contributed by atoms with Crippen molar-refractivity contribution in [3.8, 4) is 0 Å². The van der Waals surface area contributed by atoms with Gasteiger partial charge >= 0.3 is 0 Å². The van der Waals surface area contributed by atoms with Crippen molar-refractivity contribution in [3.63, 3.8) is 0 Å². The number of aliphatic hydroxyl groups is 1. The Hall–Kier alpha value is -0.960. The maximum atomic E-state index is 12.2. The van der Waals surface area contributed by atoms with Crippen molar-refractivity contribution in [1.29, 1.82) is 0 Å². The molecule has 1 aromatic rings. The van der Waals surface area contributed by atoms with E-state index in [4.69, 9.17) is 4.74 Å². The zero-order valence-electron chi connectivity index (χ0n) is 13.1. The number of sulfonamides is 1. The van der Waals surface area contributed by atoms with Crippen LogP contribution in [0.15, 0.2) is 11.2 Å². The number of nitrogens with one attached hydrogen (secondary N) is 1. The predicted octanol–water partition coefficient (Wildman–Crippen LogP) is 0.667. The number of rotatable bonds is 9.